The molecule has 0 saturated carbocycles. The average Bonchev–Trinajstić information content (AvgIpc) is 2.43. The molecule has 2 rings (SSSR count). The van der Waals surface area contributed by atoms with E-state index in [1.807, 2.05) is 6.07 Å². The molecule has 3 nitrogen and oxygen atoms in total. The number of rotatable bonds is 1. The van der Waals surface area contributed by atoms with Crippen molar-refractivity contribution in [3.63, 3.8) is 0 Å². The molecule has 0 radical (unpaired) electrons. The lowest BCUT2D eigenvalue weighted by Gasteiger charge is -2.22. The quantitative estimate of drug-likeness (QED) is 0.795. The molecule has 1 aromatic heterocycles. The second kappa shape index (κ2) is 5.34. The molecule has 0 N–H and O–H groups in total. The van der Waals surface area contributed by atoms with Crippen LogP contribution in [0.2, 0.25) is 5.02 Å². The Morgan fingerprint density at radius 2 is 2.12 bits per heavy atom. The zero-order valence-electron chi connectivity index (χ0n) is 9.29. The number of pyridine rings is 1. The smallest absolute Gasteiger partial charge is 0.143 e. The third kappa shape index (κ3) is 2.87. The van der Waals surface area contributed by atoms with Gasteiger partial charge in [-0.15, -0.1) is 0 Å². The van der Waals surface area contributed by atoms with Crippen molar-refractivity contribution in [1.82, 2.24) is 9.88 Å². The molecule has 88 valence electrons. The predicted molar refractivity (Wildman–Crippen MR) is 71.3 cm³/mol. The topological polar surface area (TPSA) is 19.4 Å². The van der Waals surface area contributed by atoms with Crippen LogP contribution >= 0.6 is 27.5 Å². The first-order valence-electron chi connectivity index (χ1n) is 5.41. The highest BCUT2D eigenvalue weighted by Gasteiger charge is 2.15. The van der Waals surface area contributed by atoms with Crippen LogP contribution in [0.1, 0.15) is 6.42 Å². The summed E-state index contributed by atoms with van der Waals surface area (Å²) in [7, 11) is 2.16. The van der Waals surface area contributed by atoms with E-state index in [2.05, 4.69) is 37.8 Å². The molecule has 16 heavy (non-hydrogen) atoms. The van der Waals surface area contributed by atoms with E-state index in [4.69, 9.17) is 11.6 Å². The molecular formula is C11H15BrClN3. The fourth-order valence-electron chi connectivity index (χ4n) is 1.90. The molecule has 0 atom stereocenters. The highest BCUT2D eigenvalue weighted by Crippen LogP contribution is 2.27. The van der Waals surface area contributed by atoms with E-state index in [0.717, 1.165) is 36.5 Å². The van der Waals surface area contributed by atoms with Crippen LogP contribution in [0.25, 0.3) is 0 Å². The zero-order chi connectivity index (χ0) is 11.5. The molecule has 1 aromatic rings. The van der Waals surface area contributed by atoms with Gasteiger partial charge in [-0.1, -0.05) is 11.6 Å². The first-order valence-corrected chi connectivity index (χ1v) is 6.58. The predicted octanol–water partition coefficient (Wildman–Crippen LogP) is 2.64. The summed E-state index contributed by atoms with van der Waals surface area (Å²) in [5.41, 5.74) is 0. The van der Waals surface area contributed by atoms with E-state index in [-0.39, 0.29) is 0 Å². The van der Waals surface area contributed by atoms with Gasteiger partial charge in [0.15, 0.2) is 0 Å². The molecule has 0 bridgehead atoms. The number of halogens is 2. The normalized spacial score (nSPS) is 18.6. The van der Waals surface area contributed by atoms with E-state index >= 15 is 0 Å². The third-order valence-corrected chi connectivity index (χ3v) is 3.60. The Balaban J connectivity index is 2.16. The van der Waals surface area contributed by atoms with Gasteiger partial charge in [0, 0.05) is 25.8 Å². The van der Waals surface area contributed by atoms with Crippen LogP contribution in [0.15, 0.2) is 16.7 Å². The lowest BCUT2D eigenvalue weighted by Crippen LogP contribution is -2.29. The number of anilines is 1. The minimum Gasteiger partial charge on any atom is -0.354 e. The molecule has 0 aromatic carbocycles. The van der Waals surface area contributed by atoms with Crippen molar-refractivity contribution >= 4 is 33.3 Å². The van der Waals surface area contributed by atoms with Crippen LogP contribution in [0.5, 0.6) is 0 Å². The van der Waals surface area contributed by atoms with E-state index in [1.165, 1.54) is 6.42 Å². The molecule has 0 unspecified atom stereocenters. The van der Waals surface area contributed by atoms with Crippen molar-refractivity contribution in [2.45, 2.75) is 6.42 Å². The second-order valence-electron chi connectivity index (χ2n) is 4.10. The van der Waals surface area contributed by atoms with E-state index in [9.17, 15) is 0 Å². The van der Waals surface area contributed by atoms with Crippen molar-refractivity contribution in [1.29, 1.82) is 0 Å². The summed E-state index contributed by atoms with van der Waals surface area (Å²) >= 11 is 9.41. The van der Waals surface area contributed by atoms with Gasteiger partial charge >= 0.3 is 0 Å². The van der Waals surface area contributed by atoms with Gasteiger partial charge in [-0.3, -0.25) is 0 Å². The fraction of sp³-hybridized carbons (Fsp3) is 0.545. The number of nitrogens with zero attached hydrogens (tertiary/aromatic N) is 3. The Bertz CT molecular complexity index is 372. The van der Waals surface area contributed by atoms with E-state index in [0.29, 0.717) is 5.02 Å². The van der Waals surface area contributed by atoms with Crippen LogP contribution in [-0.4, -0.2) is 43.1 Å². The minimum atomic E-state index is 0.669. The molecule has 2 heterocycles. The Morgan fingerprint density at radius 1 is 1.31 bits per heavy atom. The first kappa shape index (κ1) is 12.1. The first-order chi connectivity index (χ1) is 7.66. The Hall–Kier alpha value is -0.320. The Morgan fingerprint density at radius 3 is 2.88 bits per heavy atom. The number of hydrogen-bond acceptors (Lipinski definition) is 3. The van der Waals surface area contributed by atoms with Gasteiger partial charge in [0.25, 0.3) is 0 Å². The van der Waals surface area contributed by atoms with Crippen LogP contribution in [0.4, 0.5) is 5.82 Å². The van der Waals surface area contributed by atoms with E-state index < -0.39 is 0 Å². The van der Waals surface area contributed by atoms with Gasteiger partial charge in [-0.05, 0) is 42.0 Å². The van der Waals surface area contributed by atoms with Gasteiger partial charge in [-0.2, -0.15) is 0 Å². The monoisotopic (exact) mass is 303 g/mol. The molecule has 1 aliphatic rings. The summed E-state index contributed by atoms with van der Waals surface area (Å²) in [6.45, 7) is 4.31. The van der Waals surface area contributed by atoms with Crippen LogP contribution in [0.3, 0.4) is 0 Å². The lowest BCUT2D eigenvalue weighted by molar-refractivity contribution is 0.360. The van der Waals surface area contributed by atoms with E-state index in [1.54, 1.807) is 6.20 Å². The second-order valence-corrected chi connectivity index (χ2v) is 5.39. The highest BCUT2D eigenvalue weighted by molar-refractivity contribution is 9.10. The van der Waals surface area contributed by atoms with Gasteiger partial charge in [-0.25, -0.2) is 4.98 Å². The lowest BCUT2D eigenvalue weighted by atomic mass is 10.3. The molecule has 1 fully saturated rings. The largest absolute Gasteiger partial charge is 0.354 e. The van der Waals surface area contributed by atoms with Crippen molar-refractivity contribution in [3.8, 4) is 0 Å². The van der Waals surface area contributed by atoms with Crippen LogP contribution in [-0.2, 0) is 0 Å². The molecule has 0 spiro atoms. The van der Waals surface area contributed by atoms with Crippen molar-refractivity contribution in [3.05, 3.63) is 21.8 Å². The fourth-order valence-corrected chi connectivity index (χ4v) is 2.79. The maximum atomic E-state index is 5.89. The van der Waals surface area contributed by atoms with Gasteiger partial charge in [0.2, 0.25) is 0 Å². The number of likely N-dealkylation sites (N-methyl/N-ethyl adjacent to an activating group) is 1. The molecule has 1 aliphatic heterocycles. The maximum absolute atomic E-state index is 5.89. The zero-order valence-corrected chi connectivity index (χ0v) is 11.6. The van der Waals surface area contributed by atoms with Crippen molar-refractivity contribution in [2.75, 3.05) is 38.1 Å². The van der Waals surface area contributed by atoms with Gasteiger partial charge in [0.1, 0.15) is 5.82 Å². The van der Waals surface area contributed by atoms with Gasteiger partial charge in [0.05, 0.1) is 9.50 Å². The van der Waals surface area contributed by atoms with Crippen LogP contribution < -0.4 is 4.90 Å². The summed E-state index contributed by atoms with van der Waals surface area (Å²) in [5.74, 6) is 1.000. The SMILES string of the molecule is CN1CCCN(c2ncc(Cl)cc2Br)CC1. The maximum Gasteiger partial charge on any atom is 0.143 e. The summed E-state index contributed by atoms with van der Waals surface area (Å²) in [6.07, 6.45) is 2.88. The molecule has 5 heteroatoms. The van der Waals surface area contributed by atoms with Gasteiger partial charge < -0.3 is 9.80 Å². The van der Waals surface area contributed by atoms with Crippen molar-refractivity contribution in [2.24, 2.45) is 0 Å². The number of aromatic nitrogens is 1. The van der Waals surface area contributed by atoms with Crippen LogP contribution in [0, 0.1) is 0 Å². The number of hydrogen-bond donors (Lipinski definition) is 0. The summed E-state index contributed by atoms with van der Waals surface area (Å²) in [5, 5.41) is 0.669. The summed E-state index contributed by atoms with van der Waals surface area (Å²) < 4.78 is 0.976. The third-order valence-electron chi connectivity index (χ3n) is 2.81. The molecule has 1 saturated heterocycles. The average molecular weight is 305 g/mol. The molecule has 0 amide bonds. The minimum absolute atomic E-state index is 0.669. The summed E-state index contributed by atoms with van der Waals surface area (Å²) in [4.78, 5) is 9.06. The molecular weight excluding hydrogens is 289 g/mol. The molecule has 0 aliphatic carbocycles. The highest BCUT2D eigenvalue weighted by atomic mass is 79.9. The Kier molecular flexibility index (Phi) is 4.05. The Labute approximate surface area is 110 Å². The standard InChI is InChI=1S/C11H15BrClN3/c1-15-3-2-4-16(6-5-15)11-10(12)7-9(13)8-14-11/h7-8H,2-6H2,1H3. The van der Waals surface area contributed by atoms with Crippen molar-refractivity contribution < 1.29 is 0 Å². The summed E-state index contributed by atoms with van der Waals surface area (Å²) in [6, 6.07) is 1.90.